The first-order chi connectivity index (χ1) is 9.58. The summed E-state index contributed by atoms with van der Waals surface area (Å²) in [5.74, 6) is -0.702. The van der Waals surface area contributed by atoms with Crippen LogP contribution in [-0.2, 0) is 16.0 Å². The Hall–Kier alpha value is -1.88. The maximum absolute atomic E-state index is 12.5. The van der Waals surface area contributed by atoms with Crippen LogP contribution < -0.4 is 4.90 Å². The van der Waals surface area contributed by atoms with Gasteiger partial charge in [0, 0.05) is 18.8 Å². The summed E-state index contributed by atoms with van der Waals surface area (Å²) in [5.41, 5.74) is 2.01. The second-order valence-electron chi connectivity index (χ2n) is 5.45. The third-order valence-electron chi connectivity index (χ3n) is 4.12. The fourth-order valence-corrected chi connectivity index (χ4v) is 2.93. The number of carbonyl (C=O) groups excluding carboxylic acids is 1. The first-order valence-corrected chi connectivity index (χ1v) is 6.87. The zero-order valence-electron chi connectivity index (χ0n) is 11.3. The van der Waals surface area contributed by atoms with Crippen molar-refractivity contribution in [2.75, 3.05) is 18.1 Å². The Morgan fingerprint density at radius 2 is 2.20 bits per heavy atom. The number of aromatic carboxylic acids is 1. The number of ether oxygens (including phenoxy) is 1. The van der Waals surface area contributed by atoms with E-state index in [0.29, 0.717) is 19.6 Å². The highest BCUT2D eigenvalue weighted by Gasteiger charge is 2.36. The molecule has 0 spiro atoms. The van der Waals surface area contributed by atoms with Gasteiger partial charge < -0.3 is 14.7 Å². The quantitative estimate of drug-likeness (QED) is 0.892. The van der Waals surface area contributed by atoms with E-state index in [4.69, 9.17) is 9.84 Å². The number of benzene rings is 1. The normalized spacial score (nSPS) is 24.8. The highest BCUT2D eigenvalue weighted by molar-refractivity contribution is 5.99. The monoisotopic (exact) mass is 275 g/mol. The van der Waals surface area contributed by atoms with Crippen molar-refractivity contribution >= 4 is 17.6 Å². The van der Waals surface area contributed by atoms with Gasteiger partial charge in [-0.3, -0.25) is 4.79 Å². The van der Waals surface area contributed by atoms with Crippen LogP contribution in [-0.4, -0.2) is 36.2 Å². The molecule has 2 aliphatic heterocycles. The molecule has 0 radical (unpaired) electrons. The molecule has 20 heavy (non-hydrogen) atoms. The Balaban J connectivity index is 1.86. The fourth-order valence-electron chi connectivity index (χ4n) is 2.93. The lowest BCUT2D eigenvalue weighted by Gasteiger charge is -2.23. The standard InChI is InChI=1S/C15H17NO4/c1-9-5-7-20-13(9)14(17)16-6-4-10-8-11(15(18)19)2-3-12(10)16/h2-3,8-9,13H,4-7H2,1H3,(H,18,19). The number of hydrogen-bond donors (Lipinski definition) is 1. The number of nitrogens with zero attached hydrogens (tertiary/aromatic N) is 1. The Labute approximate surface area is 117 Å². The molecule has 0 saturated carbocycles. The lowest BCUT2D eigenvalue weighted by molar-refractivity contribution is -0.128. The van der Waals surface area contributed by atoms with Crippen LogP contribution in [0, 0.1) is 5.92 Å². The molecule has 0 bridgehead atoms. The average molecular weight is 275 g/mol. The molecule has 1 N–H and O–H groups in total. The van der Waals surface area contributed by atoms with Crippen LogP contribution in [0.2, 0.25) is 0 Å². The van der Waals surface area contributed by atoms with Crippen LogP contribution in [0.4, 0.5) is 5.69 Å². The van der Waals surface area contributed by atoms with Crippen molar-refractivity contribution in [2.24, 2.45) is 5.92 Å². The summed E-state index contributed by atoms with van der Waals surface area (Å²) in [6.45, 7) is 3.26. The van der Waals surface area contributed by atoms with Crippen LogP contribution in [0.25, 0.3) is 0 Å². The van der Waals surface area contributed by atoms with E-state index in [1.165, 1.54) is 0 Å². The van der Waals surface area contributed by atoms with Gasteiger partial charge >= 0.3 is 5.97 Å². The minimum atomic E-state index is -0.940. The molecule has 2 atom stereocenters. The van der Waals surface area contributed by atoms with Gasteiger partial charge in [-0.1, -0.05) is 6.92 Å². The maximum atomic E-state index is 12.5. The fraction of sp³-hybridized carbons (Fsp3) is 0.467. The van der Waals surface area contributed by atoms with Gasteiger partial charge in [-0.05, 0) is 42.5 Å². The highest BCUT2D eigenvalue weighted by atomic mass is 16.5. The van der Waals surface area contributed by atoms with Crippen molar-refractivity contribution < 1.29 is 19.4 Å². The maximum Gasteiger partial charge on any atom is 0.335 e. The molecule has 1 fully saturated rings. The van der Waals surface area contributed by atoms with E-state index < -0.39 is 5.97 Å². The van der Waals surface area contributed by atoms with Gasteiger partial charge in [0.05, 0.1) is 5.56 Å². The highest BCUT2D eigenvalue weighted by Crippen LogP contribution is 2.32. The molecule has 1 aromatic rings. The molecule has 5 nitrogen and oxygen atoms in total. The number of anilines is 1. The first kappa shape index (κ1) is 13.1. The molecule has 1 saturated heterocycles. The van der Waals surface area contributed by atoms with Crippen molar-refractivity contribution in [2.45, 2.75) is 25.9 Å². The molecule has 0 aliphatic carbocycles. The summed E-state index contributed by atoms with van der Waals surface area (Å²) in [6.07, 6.45) is 1.25. The van der Waals surface area contributed by atoms with E-state index in [2.05, 4.69) is 0 Å². The molecule has 0 aromatic heterocycles. The summed E-state index contributed by atoms with van der Waals surface area (Å²) in [7, 11) is 0. The van der Waals surface area contributed by atoms with Crippen LogP contribution in [0.3, 0.4) is 0 Å². The molecular formula is C15H17NO4. The van der Waals surface area contributed by atoms with Gasteiger partial charge in [0.25, 0.3) is 5.91 Å². The molecule has 2 unspecified atom stereocenters. The van der Waals surface area contributed by atoms with Crippen molar-refractivity contribution in [1.29, 1.82) is 0 Å². The average Bonchev–Trinajstić information content (AvgIpc) is 3.03. The van der Waals surface area contributed by atoms with Crippen molar-refractivity contribution in [3.05, 3.63) is 29.3 Å². The first-order valence-electron chi connectivity index (χ1n) is 6.87. The largest absolute Gasteiger partial charge is 0.478 e. The molecule has 1 aromatic carbocycles. The molecule has 106 valence electrons. The van der Waals surface area contributed by atoms with Crippen LogP contribution in [0.5, 0.6) is 0 Å². The number of carboxylic acids is 1. The number of hydrogen-bond acceptors (Lipinski definition) is 3. The van der Waals surface area contributed by atoms with Crippen molar-refractivity contribution in [1.82, 2.24) is 0 Å². The van der Waals surface area contributed by atoms with E-state index >= 15 is 0 Å². The third-order valence-corrected chi connectivity index (χ3v) is 4.12. The number of fused-ring (bicyclic) bond motifs is 1. The van der Waals surface area contributed by atoms with Crippen molar-refractivity contribution in [3.8, 4) is 0 Å². The summed E-state index contributed by atoms with van der Waals surface area (Å²) in [6, 6.07) is 4.93. The summed E-state index contributed by atoms with van der Waals surface area (Å²) >= 11 is 0. The van der Waals surface area contributed by atoms with Gasteiger partial charge in [0.15, 0.2) is 0 Å². The van der Waals surface area contributed by atoms with Crippen molar-refractivity contribution in [3.63, 3.8) is 0 Å². The zero-order valence-corrected chi connectivity index (χ0v) is 11.3. The number of rotatable bonds is 2. The van der Waals surface area contributed by atoms with E-state index in [9.17, 15) is 9.59 Å². The molecule has 2 heterocycles. The van der Waals surface area contributed by atoms with Gasteiger partial charge in [-0.2, -0.15) is 0 Å². The summed E-state index contributed by atoms with van der Waals surface area (Å²) in [5, 5.41) is 9.00. The molecule has 2 aliphatic rings. The zero-order chi connectivity index (χ0) is 14.3. The lowest BCUT2D eigenvalue weighted by Crippen LogP contribution is -2.40. The SMILES string of the molecule is CC1CCOC1C(=O)N1CCc2cc(C(=O)O)ccc21. The molecule has 5 heteroatoms. The van der Waals surface area contributed by atoms with Gasteiger partial charge in [-0.15, -0.1) is 0 Å². The number of carboxylic acid groups (broad SMARTS) is 1. The second-order valence-corrected chi connectivity index (χ2v) is 5.45. The van der Waals surface area contributed by atoms with Crippen LogP contribution in [0.1, 0.15) is 29.3 Å². The van der Waals surface area contributed by atoms with Gasteiger partial charge in [-0.25, -0.2) is 4.79 Å². The third kappa shape index (κ3) is 2.08. The van der Waals surface area contributed by atoms with E-state index in [-0.39, 0.29) is 23.5 Å². The Bertz CT molecular complexity index is 569. The van der Waals surface area contributed by atoms with Crippen LogP contribution in [0.15, 0.2) is 18.2 Å². The predicted octanol–water partition coefficient (Wildman–Crippen LogP) is 1.70. The van der Waals surface area contributed by atoms with Crippen LogP contribution >= 0.6 is 0 Å². The van der Waals surface area contributed by atoms with E-state index in [0.717, 1.165) is 17.7 Å². The molecule has 3 rings (SSSR count). The van der Waals surface area contributed by atoms with Gasteiger partial charge in [0.2, 0.25) is 0 Å². The lowest BCUT2D eigenvalue weighted by atomic mass is 10.0. The Kier molecular flexibility index (Phi) is 3.22. The smallest absolute Gasteiger partial charge is 0.335 e. The van der Waals surface area contributed by atoms with Gasteiger partial charge in [0.1, 0.15) is 6.10 Å². The molecular weight excluding hydrogens is 258 g/mol. The number of carbonyl (C=O) groups is 2. The van der Waals surface area contributed by atoms with E-state index in [1.54, 1.807) is 23.1 Å². The minimum Gasteiger partial charge on any atom is -0.478 e. The summed E-state index contributed by atoms with van der Waals surface area (Å²) in [4.78, 5) is 25.2. The molecule has 1 amide bonds. The Morgan fingerprint density at radius 3 is 2.85 bits per heavy atom. The predicted molar refractivity (Wildman–Crippen MR) is 73.0 cm³/mol. The second kappa shape index (κ2) is 4.90. The van der Waals surface area contributed by atoms with E-state index in [1.807, 2.05) is 6.92 Å². The minimum absolute atomic E-state index is 0.00294. The summed E-state index contributed by atoms with van der Waals surface area (Å²) < 4.78 is 5.53. The number of amides is 1. The Morgan fingerprint density at radius 1 is 1.40 bits per heavy atom. The topological polar surface area (TPSA) is 66.8 Å².